The summed E-state index contributed by atoms with van der Waals surface area (Å²) >= 11 is 0. The van der Waals surface area contributed by atoms with E-state index in [9.17, 15) is 0 Å². The minimum Gasteiger partial charge on any atom is -0.822 e. The summed E-state index contributed by atoms with van der Waals surface area (Å²) in [5.41, 5.74) is 4.16. The number of benzene rings is 12. The zero-order valence-electron chi connectivity index (χ0n) is 46.2. The lowest BCUT2D eigenvalue weighted by molar-refractivity contribution is -0.432. The van der Waals surface area contributed by atoms with Gasteiger partial charge < -0.3 is 19.2 Å². The van der Waals surface area contributed by atoms with Gasteiger partial charge in [-0.25, -0.2) is 0 Å². The lowest BCUT2D eigenvalue weighted by Crippen LogP contribution is -2.32. The first-order chi connectivity index (χ1) is 40.7. The van der Waals surface area contributed by atoms with Gasteiger partial charge in [-0.2, -0.15) is 7.82 Å². The molecule has 4 nitrogen and oxygen atoms in total. The topological polar surface area (TPSA) is 86.2 Å². The molecule has 0 bridgehead atoms. The summed E-state index contributed by atoms with van der Waals surface area (Å²) in [6.45, 7) is 0. The van der Waals surface area contributed by atoms with Gasteiger partial charge in [0.2, 0.25) is 0 Å². The predicted octanol–water partition coefficient (Wildman–Crippen LogP) is 12.7. The highest BCUT2D eigenvalue weighted by Gasteiger charge is 2.47. The third-order valence-corrected chi connectivity index (χ3v) is 27.7. The summed E-state index contributed by atoms with van der Waals surface area (Å²) in [5, 5.41) is 12.9. The van der Waals surface area contributed by atoms with Crippen LogP contribution in [0.3, 0.4) is 0 Å². The van der Waals surface area contributed by atoms with Crippen molar-refractivity contribution in [2.75, 3.05) is 0 Å². The molecule has 0 aliphatic rings. The highest BCUT2D eigenvalue weighted by molar-refractivity contribution is 7.96. The van der Waals surface area contributed by atoms with Crippen LogP contribution in [-0.4, -0.2) is 0 Å². The van der Waals surface area contributed by atoms with E-state index in [1.165, 1.54) is 64.4 Å². The molecule has 0 unspecified atom stereocenters. The van der Waals surface area contributed by atoms with E-state index < -0.39 is 29.6 Å². The molecule has 8 heteroatoms. The maximum atomic E-state index is 8.55. The standard InChI is InChI=1S/3C25H22P.H3O4P/c3*1-5-13-22(14-6-1)21-26(23-15-7-2-8-16-23,24-17-9-3-10-18-24)25-19-11-4-12-20-25;1-5(2,3)4/h3*1-20H,21H2;(H3,1,2,3,4)/q3*+1;/p-3. The third-order valence-electron chi connectivity index (χ3n) is 14.6. The molecule has 0 N–H and O–H groups in total. The van der Waals surface area contributed by atoms with E-state index in [1.807, 2.05) is 0 Å². The molecule has 0 aliphatic carbocycles. The molecule has 0 fully saturated rings. The monoisotopic (exact) mass is 1150 g/mol. The van der Waals surface area contributed by atoms with Crippen LogP contribution in [0.5, 0.6) is 0 Å². The van der Waals surface area contributed by atoms with Crippen LogP contribution < -0.4 is 62.4 Å². The predicted molar refractivity (Wildman–Crippen MR) is 353 cm³/mol. The Morgan fingerprint density at radius 3 is 0.398 bits per heavy atom. The van der Waals surface area contributed by atoms with Gasteiger partial charge in [-0.1, -0.05) is 255 Å². The first kappa shape index (κ1) is 59.7. The summed E-state index contributed by atoms with van der Waals surface area (Å²) in [7, 11) is -10.7. The maximum absolute atomic E-state index is 8.55. The Kier molecular flexibility index (Phi) is 21.5. The molecule has 0 spiro atoms. The quantitative estimate of drug-likeness (QED) is 0.0957. The Balaban J connectivity index is 0.000000144. The van der Waals surface area contributed by atoms with Crippen LogP contribution in [-0.2, 0) is 23.1 Å². The van der Waals surface area contributed by atoms with Gasteiger partial charge >= 0.3 is 0 Å². The van der Waals surface area contributed by atoms with Crippen molar-refractivity contribution in [2.24, 2.45) is 0 Å². The van der Waals surface area contributed by atoms with Crippen LogP contribution in [0, 0.1) is 0 Å². The molecule has 0 saturated heterocycles. The van der Waals surface area contributed by atoms with E-state index in [2.05, 4.69) is 364 Å². The van der Waals surface area contributed by atoms with Crippen molar-refractivity contribution in [2.45, 2.75) is 18.5 Å². The van der Waals surface area contributed by atoms with Gasteiger partial charge in [0.25, 0.3) is 0 Å². The third kappa shape index (κ3) is 15.6. The fraction of sp³-hybridized carbons (Fsp3) is 0.0400. The molecule has 12 aromatic carbocycles. The SMILES string of the molecule is O=P([O-])([O-])[O-].c1ccc(C[P+](c2ccccc2)(c2ccccc2)c2ccccc2)cc1.c1ccc(C[P+](c2ccccc2)(c2ccccc2)c2ccccc2)cc1.c1ccc(C[P+](c2ccccc2)(c2ccccc2)c2ccccc2)cc1. The number of rotatable bonds is 15. The zero-order valence-corrected chi connectivity index (χ0v) is 49.8. The summed E-state index contributed by atoms with van der Waals surface area (Å²) in [5.74, 6) is 0. The van der Waals surface area contributed by atoms with Gasteiger partial charge in [0.05, 0.1) is 18.5 Å². The van der Waals surface area contributed by atoms with Crippen molar-refractivity contribution in [1.82, 2.24) is 0 Å². The molecule has 12 aromatic rings. The highest BCUT2D eigenvalue weighted by atomic mass is 31.2. The Morgan fingerprint density at radius 1 is 0.193 bits per heavy atom. The molecular formula is C75H66O4P4. The van der Waals surface area contributed by atoms with Crippen LogP contribution in [0.1, 0.15) is 16.7 Å². The van der Waals surface area contributed by atoms with E-state index in [-0.39, 0.29) is 0 Å². The Hall–Kier alpha value is -7.96. The first-order valence-corrected chi connectivity index (χ1v) is 35.1. The zero-order chi connectivity index (χ0) is 57.5. The second kappa shape index (κ2) is 29.8. The van der Waals surface area contributed by atoms with Crippen molar-refractivity contribution in [3.05, 3.63) is 381 Å². The molecule has 0 radical (unpaired) electrons. The van der Waals surface area contributed by atoms with Crippen LogP contribution in [0.15, 0.2) is 364 Å². The van der Waals surface area contributed by atoms with Gasteiger partial charge in [0.15, 0.2) is 0 Å². The summed E-state index contributed by atoms with van der Waals surface area (Å²) in [6, 6.07) is 132. The molecule has 0 aromatic heterocycles. The largest absolute Gasteiger partial charge is 0.822 e. The van der Waals surface area contributed by atoms with E-state index in [4.69, 9.17) is 19.2 Å². The molecule has 0 saturated carbocycles. The molecule has 0 aliphatic heterocycles. The average molecular weight is 1160 g/mol. The summed E-state index contributed by atoms with van der Waals surface area (Å²) < 4.78 is 8.55. The van der Waals surface area contributed by atoms with Crippen molar-refractivity contribution >= 4 is 77.4 Å². The van der Waals surface area contributed by atoms with Crippen molar-refractivity contribution in [1.29, 1.82) is 0 Å². The highest BCUT2D eigenvalue weighted by Crippen LogP contribution is 2.60. The average Bonchev–Trinajstić information content (AvgIpc) is 3.74. The lowest BCUT2D eigenvalue weighted by atomic mass is 10.2. The van der Waals surface area contributed by atoms with Gasteiger partial charge in [0, 0.05) is 0 Å². The van der Waals surface area contributed by atoms with Crippen molar-refractivity contribution < 1.29 is 19.2 Å². The summed E-state index contributed by atoms with van der Waals surface area (Å²) in [4.78, 5) is 25.6. The van der Waals surface area contributed by atoms with E-state index in [1.54, 1.807) is 0 Å². The molecule has 0 heterocycles. The number of hydrogen-bond donors (Lipinski definition) is 0. The van der Waals surface area contributed by atoms with Gasteiger partial charge in [0.1, 0.15) is 69.5 Å². The molecule has 0 atom stereocenters. The molecular weight excluding hydrogens is 1090 g/mol. The molecule has 0 amide bonds. The van der Waals surface area contributed by atoms with Crippen molar-refractivity contribution in [3.63, 3.8) is 0 Å². The first-order valence-electron chi connectivity index (χ1n) is 27.7. The number of phosphoric acid groups is 1. The fourth-order valence-electron chi connectivity index (χ4n) is 10.9. The van der Waals surface area contributed by atoms with E-state index in [0.29, 0.717) is 0 Å². The molecule has 12 rings (SSSR count). The normalized spacial score (nSPS) is 11.3. The Bertz CT molecular complexity index is 3090. The van der Waals surface area contributed by atoms with Gasteiger partial charge in [-0.05, 0) is 126 Å². The molecule has 83 heavy (non-hydrogen) atoms. The molecule has 410 valence electrons. The minimum atomic E-state index is -5.39. The second-order valence-electron chi connectivity index (χ2n) is 19.8. The van der Waals surface area contributed by atoms with Crippen molar-refractivity contribution in [3.8, 4) is 0 Å². The van der Waals surface area contributed by atoms with Gasteiger partial charge in [-0.3, -0.25) is 0 Å². The van der Waals surface area contributed by atoms with Crippen LogP contribution >= 0.6 is 29.6 Å². The smallest absolute Gasteiger partial charge is 0.116 e. The van der Waals surface area contributed by atoms with Crippen LogP contribution in [0.25, 0.3) is 0 Å². The summed E-state index contributed by atoms with van der Waals surface area (Å²) in [6.07, 6.45) is 3.10. The number of hydrogen-bond acceptors (Lipinski definition) is 4. The van der Waals surface area contributed by atoms with E-state index >= 15 is 0 Å². The van der Waals surface area contributed by atoms with E-state index in [0.717, 1.165) is 18.5 Å². The minimum absolute atomic E-state index is 1.03. The van der Waals surface area contributed by atoms with Crippen LogP contribution in [0.2, 0.25) is 0 Å². The fourth-order valence-corrected chi connectivity index (χ4v) is 23.6. The Labute approximate surface area is 492 Å². The van der Waals surface area contributed by atoms with Gasteiger partial charge in [-0.15, -0.1) is 0 Å². The maximum Gasteiger partial charge on any atom is 0.116 e. The van der Waals surface area contributed by atoms with Crippen LogP contribution in [0.4, 0.5) is 0 Å². The second-order valence-corrected chi connectivity index (χ2v) is 31.2. The lowest BCUT2D eigenvalue weighted by Gasteiger charge is -2.36. The Morgan fingerprint density at radius 2 is 0.289 bits per heavy atom.